The molecule has 0 amide bonds. The summed E-state index contributed by atoms with van der Waals surface area (Å²) in [4.78, 5) is 19.1. The number of rotatable bonds is 2. The molecule has 2 N–H and O–H groups in total. The first-order chi connectivity index (χ1) is 3.63. The molecule has 0 aromatic rings. The molecule has 0 saturated heterocycles. The van der Waals surface area contributed by atoms with Gasteiger partial charge in [0.25, 0.3) is 0 Å². The average Bonchev–Trinajstić information content (AvgIpc) is 1.61. The summed E-state index contributed by atoms with van der Waals surface area (Å²) in [5.41, 5.74) is 0. The van der Waals surface area contributed by atoms with Crippen LogP contribution in [0.4, 0.5) is 0 Å². The van der Waals surface area contributed by atoms with Crippen LogP contribution in [0, 0.1) is 0 Å². The van der Waals surface area contributed by atoms with Gasteiger partial charge in [-0.2, -0.15) is 0 Å². The first kappa shape index (κ1) is 11.3. The summed E-state index contributed by atoms with van der Waals surface area (Å²) in [5, 5.41) is 15.6. The van der Waals surface area contributed by atoms with Crippen molar-refractivity contribution in [2.45, 2.75) is 0 Å². The van der Waals surface area contributed by atoms with E-state index in [-0.39, 0.29) is 24.4 Å². The molecule has 0 aliphatic heterocycles. The Kier molecular flexibility index (Phi) is 7.08. The van der Waals surface area contributed by atoms with E-state index in [0.717, 1.165) is 0 Å². The van der Waals surface area contributed by atoms with Crippen molar-refractivity contribution < 1.29 is 19.8 Å². The molecule has 0 aliphatic rings. The molecule has 0 aromatic heterocycles. The van der Waals surface area contributed by atoms with E-state index in [1.54, 1.807) is 0 Å². The van der Waals surface area contributed by atoms with Crippen LogP contribution in [-0.2, 0) is 9.59 Å². The summed E-state index contributed by atoms with van der Waals surface area (Å²) in [7, 11) is 0. The third kappa shape index (κ3) is 11.2. The molecule has 0 unspecified atom stereocenters. The van der Waals surface area contributed by atoms with E-state index in [4.69, 9.17) is 10.2 Å². The van der Waals surface area contributed by atoms with Crippen LogP contribution in [0.25, 0.3) is 0 Å². The van der Waals surface area contributed by atoms with Gasteiger partial charge in [0.15, 0.2) is 0 Å². The van der Waals surface area contributed by atoms with Crippen molar-refractivity contribution in [2.24, 2.45) is 0 Å². The summed E-state index contributed by atoms with van der Waals surface area (Å²) in [5.74, 6) is -2.51. The second-order valence-electron chi connectivity index (χ2n) is 1.01. The maximum absolute atomic E-state index is 9.55. The van der Waals surface area contributed by atoms with E-state index in [1.807, 2.05) is 0 Å². The standard InChI is InChI=1S/C4H4O4.Sb/c5-3(6)1-2-4(7)8;/h1-2H,(H,5,6)(H,7,8);. The van der Waals surface area contributed by atoms with Crippen LogP contribution in [0.3, 0.4) is 0 Å². The smallest absolute Gasteiger partial charge is 0.328 e. The minimum Gasteiger partial charge on any atom is -0.478 e. The normalized spacial score (nSPS) is 8.44. The largest absolute Gasteiger partial charge is 0.478 e. The summed E-state index contributed by atoms with van der Waals surface area (Å²) in [6.45, 7) is 0. The third-order valence-electron chi connectivity index (χ3n) is 0.368. The Morgan fingerprint density at radius 1 is 1.00 bits per heavy atom. The second-order valence-corrected chi connectivity index (χ2v) is 1.01. The topological polar surface area (TPSA) is 74.6 Å². The van der Waals surface area contributed by atoms with Crippen LogP contribution >= 0.6 is 0 Å². The van der Waals surface area contributed by atoms with Crippen LogP contribution < -0.4 is 0 Å². The zero-order valence-electron chi connectivity index (χ0n) is 4.31. The van der Waals surface area contributed by atoms with Gasteiger partial charge in [0.1, 0.15) is 0 Å². The first-order valence-corrected chi connectivity index (χ1v) is 1.77. The molecule has 0 bridgehead atoms. The van der Waals surface area contributed by atoms with Crippen LogP contribution in [0.15, 0.2) is 12.2 Å². The number of hydrogen-bond donors (Lipinski definition) is 2. The molecule has 3 radical (unpaired) electrons. The van der Waals surface area contributed by atoms with Crippen LogP contribution in [0.1, 0.15) is 0 Å². The Morgan fingerprint density at radius 3 is 1.33 bits per heavy atom. The van der Waals surface area contributed by atoms with Gasteiger partial charge in [-0.3, -0.25) is 0 Å². The summed E-state index contributed by atoms with van der Waals surface area (Å²) < 4.78 is 0. The van der Waals surface area contributed by atoms with Crippen molar-refractivity contribution in [1.82, 2.24) is 0 Å². The molecule has 0 aromatic carbocycles. The van der Waals surface area contributed by atoms with E-state index in [0.29, 0.717) is 12.2 Å². The van der Waals surface area contributed by atoms with E-state index in [2.05, 4.69) is 0 Å². The summed E-state index contributed by atoms with van der Waals surface area (Å²) >= 11 is 0. The van der Waals surface area contributed by atoms with Crippen molar-refractivity contribution in [2.75, 3.05) is 0 Å². The van der Waals surface area contributed by atoms with E-state index in [9.17, 15) is 9.59 Å². The predicted molar refractivity (Wildman–Crippen MR) is 30.2 cm³/mol. The fourth-order valence-corrected chi connectivity index (χ4v) is 0.143. The Bertz CT molecular complexity index is 124. The minimum atomic E-state index is -1.26. The molecule has 0 saturated carbocycles. The van der Waals surface area contributed by atoms with E-state index < -0.39 is 11.9 Å². The molecule has 0 atom stereocenters. The van der Waals surface area contributed by atoms with Gasteiger partial charge in [-0.05, 0) is 0 Å². The van der Waals surface area contributed by atoms with Gasteiger partial charge in [0.2, 0.25) is 0 Å². The maximum Gasteiger partial charge on any atom is 0.328 e. The van der Waals surface area contributed by atoms with Gasteiger partial charge in [0, 0.05) is 36.6 Å². The zero-order chi connectivity index (χ0) is 6.57. The van der Waals surface area contributed by atoms with E-state index in [1.165, 1.54) is 0 Å². The first-order valence-electron chi connectivity index (χ1n) is 1.77. The van der Waals surface area contributed by atoms with Gasteiger partial charge in [-0.1, -0.05) is 0 Å². The fraction of sp³-hybridized carbons (Fsp3) is 0. The average molecular weight is 238 g/mol. The van der Waals surface area contributed by atoms with Crippen molar-refractivity contribution in [3.63, 3.8) is 0 Å². The third-order valence-corrected chi connectivity index (χ3v) is 0.368. The molecular weight excluding hydrogens is 234 g/mol. The Morgan fingerprint density at radius 2 is 1.22 bits per heavy atom. The molecule has 0 heterocycles. The second kappa shape index (κ2) is 5.63. The quantitative estimate of drug-likeness (QED) is 0.494. The molecule has 49 valence electrons. The number of hydrogen-bond acceptors (Lipinski definition) is 2. The summed E-state index contributed by atoms with van der Waals surface area (Å²) in [6.07, 6.45) is 1.12. The molecule has 0 aliphatic carbocycles. The van der Waals surface area contributed by atoms with Gasteiger partial charge in [0.05, 0.1) is 0 Å². The molecule has 0 rings (SSSR count). The van der Waals surface area contributed by atoms with Gasteiger partial charge in [-0.15, -0.1) is 0 Å². The van der Waals surface area contributed by atoms with Crippen molar-refractivity contribution in [3.05, 3.63) is 12.2 Å². The number of carboxylic acids is 2. The van der Waals surface area contributed by atoms with Crippen molar-refractivity contribution in [3.8, 4) is 0 Å². The van der Waals surface area contributed by atoms with Gasteiger partial charge in [-0.25, -0.2) is 9.59 Å². The van der Waals surface area contributed by atoms with Crippen molar-refractivity contribution in [1.29, 1.82) is 0 Å². The van der Waals surface area contributed by atoms with Crippen LogP contribution in [0.5, 0.6) is 0 Å². The van der Waals surface area contributed by atoms with Gasteiger partial charge >= 0.3 is 11.9 Å². The van der Waals surface area contributed by atoms with Crippen LogP contribution in [-0.4, -0.2) is 46.6 Å². The molecule has 5 heteroatoms. The molecular formula is C4H4O4Sb. The summed E-state index contributed by atoms with van der Waals surface area (Å²) in [6, 6.07) is 0. The number of aliphatic carboxylic acids is 2. The van der Waals surface area contributed by atoms with E-state index >= 15 is 0 Å². The van der Waals surface area contributed by atoms with Crippen LogP contribution in [0.2, 0.25) is 0 Å². The van der Waals surface area contributed by atoms with Crippen molar-refractivity contribution >= 4 is 36.4 Å². The number of carbonyl (C=O) groups is 2. The minimum absolute atomic E-state index is 0. The molecule has 0 fully saturated rings. The SMILES string of the molecule is O=C(O)C=CC(=O)O.[Sb]. The Balaban J connectivity index is 0. The number of carboxylic acid groups (broad SMARTS) is 2. The fourth-order valence-electron chi connectivity index (χ4n) is 0.143. The Labute approximate surface area is 68.6 Å². The molecule has 9 heavy (non-hydrogen) atoms. The zero-order valence-corrected chi connectivity index (χ0v) is 6.87. The molecule has 4 nitrogen and oxygen atoms in total. The predicted octanol–water partition coefficient (Wildman–Crippen LogP) is -0.669. The Hall–Kier alpha value is -0.502. The maximum atomic E-state index is 9.55. The van der Waals surface area contributed by atoms with Gasteiger partial charge < -0.3 is 10.2 Å². The molecule has 0 spiro atoms. The monoisotopic (exact) mass is 237 g/mol.